The maximum absolute atomic E-state index is 9.24. The number of tetrazole rings is 1. The summed E-state index contributed by atoms with van der Waals surface area (Å²) in [7, 11) is 0. The lowest BCUT2D eigenvalue weighted by molar-refractivity contribution is 0.475. The van der Waals surface area contributed by atoms with Crippen LogP contribution in [0.25, 0.3) is 0 Å². The van der Waals surface area contributed by atoms with E-state index in [4.69, 9.17) is 0 Å². The molecule has 2 aromatic rings. The molecular formula is C13H19N5OS. The van der Waals surface area contributed by atoms with Gasteiger partial charge in [0.2, 0.25) is 5.16 Å². The van der Waals surface area contributed by atoms with Crippen LogP contribution in [0.4, 0.5) is 0 Å². The molecule has 1 aromatic carbocycles. The third kappa shape index (κ3) is 4.50. The number of phenols is 1. The Bertz CT molecular complexity index is 526. The molecule has 0 bridgehead atoms. The van der Waals surface area contributed by atoms with Gasteiger partial charge in [-0.2, -0.15) is 0 Å². The number of aromatic hydroxyl groups is 1. The molecule has 0 atom stereocenters. The molecule has 20 heavy (non-hydrogen) atoms. The fraction of sp³-hybridized carbons (Fsp3) is 0.462. The van der Waals surface area contributed by atoms with Gasteiger partial charge < -0.3 is 10.4 Å². The Kier molecular flexibility index (Phi) is 5.37. The van der Waals surface area contributed by atoms with Crippen molar-refractivity contribution >= 4 is 11.8 Å². The van der Waals surface area contributed by atoms with E-state index in [0.717, 1.165) is 29.6 Å². The molecule has 0 aliphatic rings. The van der Waals surface area contributed by atoms with E-state index in [-0.39, 0.29) is 5.75 Å². The van der Waals surface area contributed by atoms with Crippen molar-refractivity contribution in [3.05, 3.63) is 29.8 Å². The molecule has 7 heteroatoms. The van der Waals surface area contributed by atoms with Crippen molar-refractivity contribution in [1.29, 1.82) is 0 Å². The van der Waals surface area contributed by atoms with E-state index in [1.165, 1.54) is 0 Å². The first-order valence-electron chi connectivity index (χ1n) is 6.55. The molecule has 0 spiro atoms. The van der Waals surface area contributed by atoms with Crippen LogP contribution in [0.1, 0.15) is 19.4 Å². The Morgan fingerprint density at radius 2 is 2.05 bits per heavy atom. The molecule has 0 saturated carbocycles. The predicted molar refractivity (Wildman–Crippen MR) is 78.6 cm³/mol. The van der Waals surface area contributed by atoms with Crippen LogP contribution in [-0.2, 0) is 12.3 Å². The summed E-state index contributed by atoms with van der Waals surface area (Å²) in [5.74, 6) is 1.06. The Balaban J connectivity index is 1.86. The monoisotopic (exact) mass is 293 g/mol. The molecule has 0 aliphatic carbocycles. The fourth-order valence-electron chi connectivity index (χ4n) is 1.64. The zero-order chi connectivity index (χ0) is 14.4. The second kappa shape index (κ2) is 7.25. The van der Waals surface area contributed by atoms with Crippen LogP contribution in [0, 0.1) is 0 Å². The summed E-state index contributed by atoms with van der Waals surface area (Å²) in [5.41, 5.74) is 1.13. The number of thioether (sulfide) groups is 1. The number of benzene rings is 1. The first-order chi connectivity index (χ1) is 9.65. The molecular weight excluding hydrogens is 274 g/mol. The van der Waals surface area contributed by atoms with Crippen molar-refractivity contribution < 1.29 is 5.11 Å². The third-order valence-electron chi connectivity index (χ3n) is 2.68. The van der Waals surface area contributed by atoms with Crippen LogP contribution in [0.2, 0.25) is 0 Å². The maximum atomic E-state index is 9.24. The van der Waals surface area contributed by atoms with Gasteiger partial charge in [-0.1, -0.05) is 37.7 Å². The lowest BCUT2D eigenvalue weighted by Crippen LogP contribution is -2.27. The Morgan fingerprint density at radius 3 is 2.75 bits per heavy atom. The van der Waals surface area contributed by atoms with Crippen LogP contribution in [-0.4, -0.2) is 37.9 Å². The zero-order valence-corrected chi connectivity index (χ0v) is 12.5. The molecule has 0 saturated heterocycles. The van der Waals surface area contributed by atoms with E-state index in [1.54, 1.807) is 28.6 Å². The van der Waals surface area contributed by atoms with Gasteiger partial charge in [-0.05, 0) is 28.1 Å². The first kappa shape index (κ1) is 14.8. The average molecular weight is 293 g/mol. The van der Waals surface area contributed by atoms with Crippen molar-refractivity contribution in [3.63, 3.8) is 0 Å². The van der Waals surface area contributed by atoms with Crippen molar-refractivity contribution in [2.45, 2.75) is 37.3 Å². The summed E-state index contributed by atoms with van der Waals surface area (Å²) in [5, 5.41) is 25.1. The van der Waals surface area contributed by atoms with E-state index in [1.807, 2.05) is 12.1 Å². The highest BCUT2D eigenvalue weighted by Gasteiger charge is 2.07. The Labute approximate surface area is 122 Å². The van der Waals surface area contributed by atoms with E-state index in [0.29, 0.717) is 6.04 Å². The van der Waals surface area contributed by atoms with E-state index >= 15 is 0 Å². The number of rotatable bonds is 7. The second-order valence-electron chi connectivity index (χ2n) is 4.75. The number of nitrogens with one attached hydrogen (secondary N) is 1. The molecule has 1 aromatic heterocycles. The van der Waals surface area contributed by atoms with E-state index < -0.39 is 0 Å². The van der Waals surface area contributed by atoms with Crippen molar-refractivity contribution in [3.8, 4) is 5.75 Å². The molecule has 0 amide bonds. The Hall–Kier alpha value is -1.60. The van der Waals surface area contributed by atoms with Gasteiger partial charge in [0.15, 0.2) is 0 Å². The summed E-state index contributed by atoms with van der Waals surface area (Å²) in [6.45, 7) is 5.82. The quantitative estimate of drug-likeness (QED) is 0.756. The van der Waals surface area contributed by atoms with Crippen LogP contribution >= 0.6 is 11.8 Å². The smallest absolute Gasteiger partial charge is 0.209 e. The van der Waals surface area contributed by atoms with Crippen LogP contribution < -0.4 is 5.32 Å². The topological polar surface area (TPSA) is 75.9 Å². The minimum atomic E-state index is 0.281. The van der Waals surface area contributed by atoms with Gasteiger partial charge in [0, 0.05) is 18.3 Å². The summed E-state index contributed by atoms with van der Waals surface area (Å²) < 4.78 is 1.81. The lowest BCUT2D eigenvalue weighted by Gasteiger charge is -2.08. The highest BCUT2D eigenvalue weighted by molar-refractivity contribution is 7.98. The number of nitrogens with zero attached hydrogens (tertiary/aromatic N) is 4. The van der Waals surface area contributed by atoms with Gasteiger partial charge in [0.1, 0.15) is 5.75 Å². The Morgan fingerprint density at radius 1 is 1.30 bits per heavy atom. The summed E-state index contributed by atoms with van der Waals surface area (Å²) >= 11 is 1.59. The van der Waals surface area contributed by atoms with Gasteiger partial charge in [-0.25, -0.2) is 4.68 Å². The van der Waals surface area contributed by atoms with Crippen LogP contribution in [0.3, 0.4) is 0 Å². The SMILES string of the molecule is CC(C)NCCn1nnnc1SCc1ccc(O)cc1. The largest absolute Gasteiger partial charge is 0.508 e. The van der Waals surface area contributed by atoms with Crippen molar-refractivity contribution in [1.82, 2.24) is 25.5 Å². The van der Waals surface area contributed by atoms with Crippen LogP contribution in [0.15, 0.2) is 29.4 Å². The molecule has 108 valence electrons. The number of hydrogen-bond donors (Lipinski definition) is 2. The highest BCUT2D eigenvalue weighted by Crippen LogP contribution is 2.21. The summed E-state index contributed by atoms with van der Waals surface area (Å²) in [6.07, 6.45) is 0. The standard InChI is InChI=1S/C13H19N5OS/c1-10(2)14-7-8-18-13(15-16-17-18)20-9-11-3-5-12(19)6-4-11/h3-6,10,14,19H,7-9H2,1-2H3. The van der Waals surface area contributed by atoms with Gasteiger partial charge in [-0.3, -0.25) is 0 Å². The van der Waals surface area contributed by atoms with Crippen molar-refractivity contribution in [2.75, 3.05) is 6.54 Å². The highest BCUT2D eigenvalue weighted by atomic mass is 32.2. The minimum Gasteiger partial charge on any atom is -0.508 e. The molecule has 1 heterocycles. The molecule has 2 rings (SSSR count). The molecule has 0 radical (unpaired) electrons. The molecule has 2 N–H and O–H groups in total. The normalized spacial score (nSPS) is 11.2. The predicted octanol–water partition coefficient (Wildman–Crippen LogP) is 1.67. The third-order valence-corrected chi connectivity index (χ3v) is 3.71. The van der Waals surface area contributed by atoms with Gasteiger partial charge >= 0.3 is 0 Å². The molecule has 0 fully saturated rings. The summed E-state index contributed by atoms with van der Waals surface area (Å²) in [4.78, 5) is 0. The second-order valence-corrected chi connectivity index (χ2v) is 5.69. The van der Waals surface area contributed by atoms with Crippen LogP contribution in [0.5, 0.6) is 5.75 Å². The first-order valence-corrected chi connectivity index (χ1v) is 7.54. The van der Waals surface area contributed by atoms with Gasteiger partial charge in [0.05, 0.1) is 6.54 Å². The van der Waals surface area contributed by atoms with Gasteiger partial charge in [0.25, 0.3) is 0 Å². The van der Waals surface area contributed by atoms with E-state index in [2.05, 4.69) is 34.7 Å². The summed E-state index contributed by atoms with van der Waals surface area (Å²) in [6, 6.07) is 7.63. The maximum Gasteiger partial charge on any atom is 0.209 e. The van der Waals surface area contributed by atoms with Crippen molar-refractivity contribution in [2.24, 2.45) is 0 Å². The number of hydrogen-bond acceptors (Lipinski definition) is 6. The fourth-order valence-corrected chi connectivity index (χ4v) is 2.50. The van der Waals surface area contributed by atoms with Gasteiger partial charge in [-0.15, -0.1) is 5.10 Å². The lowest BCUT2D eigenvalue weighted by atomic mass is 10.2. The zero-order valence-electron chi connectivity index (χ0n) is 11.7. The number of phenolic OH excluding ortho intramolecular Hbond substituents is 1. The molecule has 0 unspecified atom stereocenters. The average Bonchev–Trinajstić information content (AvgIpc) is 2.85. The molecule has 0 aliphatic heterocycles. The molecule has 6 nitrogen and oxygen atoms in total. The minimum absolute atomic E-state index is 0.281. The van der Waals surface area contributed by atoms with E-state index in [9.17, 15) is 5.11 Å². The number of aromatic nitrogens is 4.